The van der Waals surface area contributed by atoms with Crippen LogP contribution in [0.5, 0.6) is 0 Å². The summed E-state index contributed by atoms with van der Waals surface area (Å²) >= 11 is 1.60. The van der Waals surface area contributed by atoms with Crippen LogP contribution in [0, 0.1) is 6.92 Å². The van der Waals surface area contributed by atoms with Crippen molar-refractivity contribution in [3.63, 3.8) is 0 Å². The van der Waals surface area contributed by atoms with Crippen LogP contribution in [0.1, 0.15) is 37.8 Å². The molecule has 0 spiro atoms. The van der Waals surface area contributed by atoms with E-state index in [-0.39, 0.29) is 5.41 Å². The van der Waals surface area contributed by atoms with Gasteiger partial charge in [0.2, 0.25) is 0 Å². The maximum atomic E-state index is 5.12. The fourth-order valence-electron chi connectivity index (χ4n) is 2.65. The molecule has 0 saturated heterocycles. The lowest BCUT2D eigenvalue weighted by molar-refractivity contribution is 0.393. The summed E-state index contributed by atoms with van der Waals surface area (Å²) in [6, 6.07) is 10.5. The Morgan fingerprint density at radius 3 is 2.50 bits per heavy atom. The Morgan fingerprint density at radius 2 is 1.92 bits per heavy atom. The van der Waals surface area contributed by atoms with Crippen molar-refractivity contribution in [2.75, 3.05) is 0 Å². The minimum atomic E-state index is 0.129. The fourth-order valence-corrected chi connectivity index (χ4v) is 3.47. The van der Waals surface area contributed by atoms with E-state index in [0.29, 0.717) is 12.3 Å². The minimum absolute atomic E-state index is 0.129. The van der Waals surface area contributed by atoms with E-state index in [1.165, 1.54) is 5.56 Å². The van der Waals surface area contributed by atoms with E-state index in [4.69, 9.17) is 4.52 Å². The lowest BCUT2D eigenvalue weighted by Crippen LogP contribution is -2.10. The van der Waals surface area contributed by atoms with E-state index in [1.807, 2.05) is 19.1 Å². The summed E-state index contributed by atoms with van der Waals surface area (Å²) in [6.45, 7) is 13.0. The molecule has 0 bridgehead atoms. The summed E-state index contributed by atoms with van der Waals surface area (Å²) in [4.78, 5) is 0. The minimum Gasteiger partial charge on any atom is -0.361 e. The number of benzene rings is 1. The van der Waals surface area contributed by atoms with Gasteiger partial charge in [-0.2, -0.15) is 0 Å². The molecule has 1 aromatic carbocycles. The highest BCUT2D eigenvalue weighted by Gasteiger charge is 2.17. The molecule has 0 aliphatic heterocycles. The molecule has 0 saturated carbocycles. The largest absolute Gasteiger partial charge is 0.361 e. The van der Waals surface area contributed by atoms with Crippen molar-refractivity contribution in [3.8, 4) is 11.4 Å². The second kappa shape index (κ2) is 7.50. The van der Waals surface area contributed by atoms with E-state index in [1.54, 1.807) is 11.8 Å². The molecule has 0 radical (unpaired) electrons. The highest BCUT2D eigenvalue weighted by atomic mass is 32.2. The number of aromatic nitrogens is 4. The SMILES string of the molecule is C=CCn1c(SCc2cc(C)on2)nnc1-c1ccc(C(C)(C)C)cc1. The zero-order valence-electron chi connectivity index (χ0n) is 15.7. The van der Waals surface area contributed by atoms with E-state index < -0.39 is 0 Å². The lowest BCUT2D eigenvalue weighted by atomic mass is 9.87. The molecule has 136 valence electrons. The van der Waals surface area contributed by atoms with Crippen LogP contribution in [-0.4, -0.2) is 19.9 Å². The quantitative estimate of drug-likeness (QED) is 0.452. The topological polar surface area (TPSA) is 56.7 Å². The summed E-state index contributed by atoms with van der Waals surface area (Å²) in [5.41, 5.74) is 3.38. The fraction of sp³-hybridized carbons (Fsp3) is 0.350. The third kappa shape index (κ3) is 4.07. The molecule has 5 nitrogen and oxygen atoms in total. The molecule has 3 rings (SSSR count). The molecule has 2 heterocycles. The highest BCUT2D eigenvalue weighted by molar-refractivity contribution is 7.98. The van der Waals surface area contributed by atoms with Crippen LogP contribution in [0.2, 0.25) is 0 Å². The Bertz CT molecular complexity index is 887. The van der Waals surface area contributed by atoms with Crippen LogP contribution in [0.25, 0.3) is 11.4 Å². The Labute approximate surface area is 158 Å². The predicted molar refractivity (Wildman–Crippen MR) is 105 cm³/mol. The first kappa shape index (κ1) is 18.5. The van der Waals surface area contributed by atoms with Gasteiger partial charge >= 0.3 is 0 Å². The molecular formula is C20H24N4OS. The molecule has 0 aliphatic carbocycles. The monoisotopic (exact) mass is 368 g/mol. The van der Waals surface area contributed by atoms with Crippen molar-refractivity contribution in [3.05, 3.63) is 60.0 Å². The zero-order chi connectivity index (χ0) is 18.7. The Balaban J connectivity index is 1.85. The van der Waals surface area contributed by atoms with Crippen LogP contribution in [-0.2, 0) is 17.7 Å². The Morgan fingerprint density at radius 1 is 1.19 bits per heavy atom. The van der Waals surface area contributed by atoms with Crippen LogP contribution in [0.4, 0.5) is 0 Å². The van der Waals surface area contributed by atoms with Gasteiger partial charge in [0.05, 0.1) is 5.69 Å². The first-order chi connectivity index (χ1) is 12.4. The summed E-state index contributed by atoms with van der Waals surface area (Å²) < 4.78 is 7.20. The first-order valence-electron chi connectivity index (χ1n) is 8.58. The molecule has 0 N–H and O–H groups in total. The first-order valence-corrected chi connectivity index (χ1v) is 9.57. The second-order valence-electron chi connectivity index (χ2n) is 7.25. The molecule has 2 aromatic heterocycles. The van der Waals surface area contributed by atoms with Crippen LogP contribution >= 0.6 is 11.8 Å². The van der Waals surface area contributed by atoms with Gasteiger partial charge in [0.15, 0.2) is 11.0 Å². The number of aryl methyl sites for hydroxylation is 1. The van der Waals surface area contributed by atoms with Gasteiger partial charge in [-0.3, -0.25) is 4.57 Å². The average Bonchev–Trinajstić information content (AvgIpc) is 3.19. The van der Waals surface area contributed by atoms with Gasteiger partial charge in [0.25, 0.3) is 0 Å². The summed E-state index contributed by atoms with van der Waals surface area (Å²) in [6.07, 6.45) is 1.86. The van der Waals surface area contributed by atoms with Gasteiger partial charge in [-0.15, -0.1) is 16.8 Å². The van der Waals surface area contributed by atoms with Crippen molar-refractivity contribution in [1.29, 1.82) is 0 Å². The maximum Gasteiger partial charge on any atom is 0.192 e. The van der Waals surface area contributed by atoms with Gasteiger partial charge in [-0.05, 0) is 17.9 Å². The number of hydrogen-bond acceptors (Lipinski definition) is 5. The van der Waals surface area contributed by atoms with Crippen molar-refractivity contribution in [2.45, 2.75) is 50.6 Å². The summed E-state index contributed by atoms with van der Waals surface area (Å²) in [5, 5.41) is 13.7. The van der Waals surface area contributed by atoms with Crippen LogP contribution < -0.4 is 0 Å². The van der Waals surface area contributed by atoms with Crippen molar-refractivity contribution < 1.29 is 4.52 Å². The molecule has 0 unspecified atom stereocenters. The number of hydrogen-bond donors (Lipinski definition) is 0. The Hall–Kier alpha value is -2.34. The Kier molecular flexibility index (Phi) is 5.32. The van der Waals surface area contributed by atoms with Crippen molar-refractivity contribution >= 4 is 11.8 Å². The van der Waals surface area contributed by atoms with Crippen LogP contribution in [0.3, 0.4) is 0 Å². The summed E-state index contributed by atoms with van der Waals surface area (Å²) in [7, 11) is 0. The molecule has 0 fully saturated rings. The smallest absolute Gasteiger partial charge is 0.192 e. The number of thioether (sulfide) groups is 1. The average molecular weight is 369 g/mol. The molecule has 26 heavy (non-hydrogen) atoms. The van der Waals surface area contributed by atoms with Gasteiger partial charge in [-0.25, -0.2) is 0 Å². The van der Waals surface area contributed by atoms with Gasteiger partial charge in [-0.1, -0.05) is 68.0 Å². The van der Waals surface area contributed by atoms with E-state index in [2.05, 4.69) is 71.5 Å². The third-order valence-corrected chi connectivity index (χ3v) is 5.06. The van der Waals surface area contributed by atoms with E-state index in [9.17, 15) is 0 Å². The number of rotatable bonds is 6. The standard InChI is InChI=1S/C20H24N4OS/c1-6-11-24-18(15-7-9-16(10-8-15)20(3,4)5)21-22-19(24)26-13-17-12-14(2)25-23-17/h6-10,12H,1,11,13H2,2-5H3. The van der Waals surface area contributed by atoms with Crippen LogP contribution in [0.15, 0.2) is 52.7 Å². The number of allylic oxidation sites excluding steroid dienone is 1. The maximum absolute atomic E-state index is 5.12. The lowest BCUT2D eigenvalue weighted by Gasteiger charge is -2.19. The van der Waals surface area contributed by atoms with Gasteiger partial charge in [0.1, 0.15) is 5.76 Å². The third-order valence-electron chi connectivity index (χ3n) is 4.06. The molecule has 3 aromatic rings. The van der Waals surface area contributed by atoms with E-state index in [0.717, 1.165) is 28.0 Å². The molecular weight excluding hydrogens is 344 g/mol. The molecule has 6 heteroatoms. The second-order valence-corrected chi connectivity index (χ2v) is 8.19. The molecule has 0 amide bonds. The molecule has 0 aliphatic rings. The van der Waals surface area contributed by atoms with Gasteiger partial charge < -0.3 is 4.52 Å². The predicted octanol–water partition coefficient (Wildman–Crippen LogP) is 5.02. The zero-order valence-corrected chi connectivity index (χ0v) is 16.5. The van der Waals surface area contributed by atoms with Crippen molar-refractivity contribution in [2.24, 2.45) is 0 Å². The normalized spacial score (nSPS) is 11.7. The van der Waals surface area contributed by atoms with Crippen molar-refractivity contribution in [1.82, 2.24) is 19.9 Å². The molecule has 0 atom stereocenters. The summed E-state index contributed by atoms with van der Waals surface area (Å²) in [5.74, 6) is 2.35. The highest BCUT2D eigenvalue weighted by Crippen LogP contribution is 2.28. The number of nitrogens with zero attached hydrogens (tertiary/aromatic N) is 4. The van der Waals surface area contributed by atoms with E-state index >= 15 is 0 Å². The van der Waals surface area contributed by atoms with Gasteiger partial charge in [0, 0.05) is 23.9 Å².